The first-order chi connectivity index (χ1) is 10.7. The zero-order valence-electron chi connectivity index (χ0n) is 12.0. The van der Waals surface area contributed by atoms with Crippen LogP contribution in [0.5, 0.6) is 5.88 Å². The molecule has 6 nitrogen and oxygen atoms in total. The number of carbonyl (C=O) groups is 1. The van der Waals surface area contributed by atoms with Gasteiger partial charge in [0.1, 0.15) is 12.3 Å². The second kappa shape index (κ2) is 8.65. The van der Waals surface area contributed by atoms with Crippen molar-refractivity contribution in [3.05, 3.63) is 40.5 Å². The lowest BCUT2D eigenvalue weighted by atomic mass is 10.2. The van der Waals surface area contributed by atoms with Gasteiger partial charge in [-0.25, -0.2) is 4.63 Å². The molecule has 2 aromatic rings. The maximum absolute atomic E-state index is 11.7. The van der Waals surface area contributed by atoms with E-state index >= 15 is 0 Å². The van der Waals surface area contributed by atoms with Crippen molar-refractivity contribution >= 4 is 29.3 Å². The normalized spacial score (nSPS) is 10.5. The average molecular weight is 342 g/mol. The predicted octanol–water partition coefficient (Wildman–Crippen LogP) is 2.46. The number of halogens is 1. The van der Waals surface area contributed by atoms with Crippen molar-refractivity contribution in [1.82, 2.24) is 15.6 Å². The number of aromatic nitrogens is 2. The molecule has 1 aromatic carbocycles. The zero-order chi connectivity index (χ0) is 15.8. The summed E-state index contributed by atoms with van der Waals surface area (Å²) in [6, 6.07) is 7.61. The minimum atomic E-state index is -0.0457. The van der Waals surface area contributed by atoms with Gasteiger partial charge in [0.2, 0.25) is 5.91 Å². The van der Waals surface area contributed by atoms with Gasteiger partial charge in [0.25, 0.3) is 5.88 Å². The number of aryl methyl sites for hydroxylation is 1. The maximum atomic E-state index is 11.7. The van der Waals surface area contributed by atoms with Crippen LogP contribution in [0.4, 0.5) is 0 Å². The first-order valence-electron chi connectivity index (χ1n) is 6.66. The summed E-state index contributed by atoms with van der Waals surface area (Å²) in [5.41, 5.74) is 1.61. The summed E-state index contributed by atoms with van der Waals surface area (Å²) in [5.74, 6) is 1.38. The van der Waals surface area contributed by atoms with Gasteiger partial charge < -0.3 is 10.1 Å². The van der Waals surface area contributed by atoms with Crippen LogP contribution in [0.3, 0.4) is 0 Å². The van der Waals surface area contributed by atoms with E-state index in [9.17, 15) is 4.79 Å². The van der Waals surface area contributed by atoms with E-state index in [1.165, 1.54) is 11.8 Å². The minimum Gasteiger partial charge on any atom is -0.472 e. The molecule has 0 radical (unpaired) electrons. The number of benzene rings is 1. The lowest BCUT2D eigenvalue weighted by Crippen LogP contribution is -2.29. The molecule has 0 aliphatic carbocycles. The molecule has 0 saturated heterocycles. The third-order valence-electron chi connectivity index (χ3n) is 2.72. The van der Waals surface area contributed by atoms with Gasteiger partial charge in [-0.1, -0.05) is 35.0 Å². The predicted molar refractivity (Wildman–Crippen MR) is 85.2 cm³/mol. The Kier molecular flexibility index (Phi) is 6.54. The smallest absolute Gasteiger partial charge is 0.278 e. The molecule has 1 heterocycles. The topological polar surface area (TPSA) is 77.2 Å². The molecule has 0 aliphatic rings. The Labute approximate surface area is 137 Å². The highest BCUT2D eigenvalue weighted by Gasteiger charge is 2.07. The Morgan fingerprint density at radius 3 is 2.95 bits per heavy atom. The SMILES string of the molecule is Cc1nonc1OCCNC(=O)CSCc1ccccc1Cl. The molecule has 0 atom stereocenters. The molecule has 0 spiro atoms. The molecular formula is C14H16ClN3O3S. The van der Waals surface area contributed by atoms with Crippen molar-refractivity contribution in [3.8, 4) is 5.88 Å². The molecule has 118 valence electrons. The van der Waals surface area contributed by atoms with Gasteiger partial charge in [0, 0.05) is 10.8 Å². The quantitative estimate of drug-likeness (QED) is 0.743. The zero-order valence-corrected chi connectivity index (χ0v) is 13.6. The molecule has 1 amide bonds. The van der Waals surface area contributed by atoms with Gasteiger partial charge in [0.05, 0.1) is 12.3 Å². The highest BCUT2D eigenvalue weighted by molar-refractivity contribution is 7.99. The molecule has 8 heteroatoms. The third kappa shape index (κ3) is 5.23. The molecule has 1 aromatic heterocycles. The molecule has 0 aliphatic heterocycles. The van der Waals surface area contributed by atoms with E-state index in [2.05, 4.69) is 20.3 Å². The van der Waals surface area contributed by atoms with Crippen LogP contribution in [0, 0.1) is 6.92 Å². The number of thioether (sulfide) groups is 1. The van der Waals surface area contributed by atoms with E-state index in [1.807, 2.05) is 24.3 Å². The van der Waals surface area contributed by atoms with Gasteiger partial charge in [-0.3, -0.25) is 4.79 Å². The van der Waals surface area contributed by atoms with Crippen molar-refractivity contribution in [2.45, 2.75) is 12.7 Å². The lowest BCUT2D eigenvalue weighted by Gasteiger charge is -2.06. The summed E-state index contributed by atoms with van der Waals surface area (Å²) < 4.78 is 9.81. The van der Waals surface area contributed by atoms with E-state index < -0.39 is 0 Å². The van der Waals surface area contributed by atoms with Gasteiger partial charge in [-0.2, -0.15) is 0 Å². The average Bonchev–Trinajstić information content (AvgIpc) is 2.91. The summed E-state index contributed by atoms with van der Waals surface area (Å²) in [6.45, 7) is 2.45. The van der Waals surface area contributed by atoms with Crippen molar-refractivity contribution < 1.29 is 14.2 Å². The van der Waals surface area contributed by atoms with Gasteiger partial charge in [-0.15, -0.1) is 11.8 Å². The summed E-state index contributed by atoms with van der Waals surface area (Å²) in [7, 11) is 0. The Hall–Kier alpha value is -1.73. The number of hydrogen-bond donors (Lipinski definition) is 1. The fourth-order valence-electron chi connectivity index (χ4n) is 1.61. The number of nitrogens with zero attached hydrogens (tertiary/aromatic N) is 2. The third-order valence-corrected chi connectivity index (χ3v) is 4.07. The van der Waals surface area contributed by atoms with Crippen molar-refractivity contribution in [1.29, 1.82) is 0 Å². The molecule has 0 fully saturated rings. The minimum absolute atomic E-state index is 0.0457. The fourth-order valence-corrected chi connectivity index (χ4v) is 2.76. The van der Waals surface area contributed by atoms with Crippen molar-refractivity contribution in [3.63, 3.8) is 0 Å². The van der Waals surface area contributed by atoms with Gasteiger partial charge >= 0.3 is 0 Å². The number of rotatable bonds is 8. The monoisotopic (exact) mass is 341 g/mol. The van der Waals surface area contributed by atoms with E-state index in [0.29, 0.717) is 36.2 Å². The van der Waals surface area contributed by atoms with Crippen LogP contribution in [0.25, 0.3) is 0 Å². The Bertz CT molecular complexity index is 621. The number of amides is 1. The number of hydrogen-bond acceptors (Lipinski definition) is 6. The van der Waals surface area contributed by atoms with E-state index in [1.54, 1.807) is 6.92 Å². The lowest BCUT2D eigenvalue weighted by molar-refractivity contribution is -0.118. The Morgan fingerprint density at radius 2 is 2.23 bits per heavy atom. The Balaban J connectivity index is 1.58. The number of ether oxygens (including phenoxy) is 1. The Morgan fingerprint density at radius 1 is 1.41 bits per heavy atom. The van der Waals surface area contributed by atoms with Crippen LogP contribution in [0.15, 0.2) is 28.9 Å². The largest absolute Gasteiger partial charge is 0.472 e. The van der Waals surface area contributed by atoms with Crippen LogP contribution in [0.2, 0.25) is 5.02 Å². The molecule has 0 saturated carbocycles. The molecule has 0 unspecified atom stereocenters. The molecule has 1 N–H and O–H groups in total. The van der Waals surface area contributed by atoms with Crippen molar-refractivity contribution in [2.24, 2.45) is 0 Å². The highest BCUT2D eigenvalue weighted by atomic mass is 35.5. The van der Waals surface area contributed by atoms with Crippen LogP contribution < -0.4 is 10.1 Å². The fraction of sp³-hybridized carbons (Fsp3) is 0.357. The standard InChI is InChI=1S/C14H16ClN3O3S/c1-10-14(18-21-17-10)20-7-6-16-13(19)9-22-8-11-4-2-3-5-12(11)15/h2-5H,6-9H2,1H3,(H,16,19). The van der Waals surface area contributed by atoms with Crippen LogP contribution >= 0.6 is 23.4 Å². The van der Waals surface area contributed by atoms with E-state index in [4.69, 9.17) is 16.3 Å². The second-order valence-electron chi connectivity index (χ2n) is 4.44. The summed E-state index contributed by atoms with van der Waals surface area (Å²) in [6.07, 6.45) is 0. The van der Waals surface area contributed by atoms with Crippen molar-refractivity contribution in [2.75, 3.05) is 18.9 Å². The maximum Gasteiger partial charge on any atom is 0.278 e. The second-order valence-corrected chi connectivity index (χ2v) is 5.83. The summed E-state index contributed by atoms with van der Waals surface area (Å²) in [5, 5.41) is 10.7. The molecule has 2 rings (SSSR count). The molecule has 22 heavy (non-hydrogen) atoms. The highest BCUT2D eigenvalue weighted by Crippen LogP contribution is 2.20. The van der Waals surface area contributed by atoms with Gasteiger partial charge in [0.15, 0.2) is 0 Å². The van der Waals surface area contributed by atoms with Crippen LogP contribution in [0.1, 0.15) is 11.3 Å². The van der Waals surface area contributed by atoms with E-state index in [-0.39, 0.29) is 5.91 Å². The molecular weight excluding hydrogens is 326 g/mol. The first kappa shape index (κ1) is 16.6. The summed E-state index contributed by atoms with van der Waals surface area (Å²) in [4.78, 5) is 11.7. The van der Waals surface area contributed by atoms with Crippen LogP contribution in [-0.4, -0.2) is 35.1 Å². The molecule has 0 bridgehead atoms. The summed E-state index contributed by atoms with van der Waals surface area (Å²) >= 11 is 7.57. The van der Waals surface area contributed by atoms with E-state index in [0.717, 1.165) is 10.6 Å². The van der Waals surface area contributed by atoms with Gasteiger partial charge in [-0.05, 0) is 23.7 Å². The number of carbonyl (C=O) groups excluding carboxylic acids is 1. The number of nitrogens with one attached hydrogen (secondary N) is 1. The first-order valence-corrected chi connectivity index (χ1v) is 8.20. The van der Waals surface area contributed by atoms with Crippen LogP contribution in [-0.2, 0) is 10.5 Å².